The number of ether oxygens (including phenoxy) is 2. The number of methoxy groups -OCH3 is 2. The monoisotopic (exact) mass is 295 g/mol. The van der Waals surface area contributed by atoms with Gasteiger partial charge in [0.2, 0.25) is 5.13 Å². The van der Waals surface area contributed by atoms with Crippen LogP contribution in [0, 0.1) is 12.7 Å². The van der Waals surface area contributed by atoms with Crippen molar-refractivity contribution >= 4 is 22.7 Å². The van der Waals surface area contributed by atoms with Crippen molar-refractivity contribution in [3.05, 3.63) is 34.6 Å². The fourth-order valence-electron chi connectivity index (χ4n) is 1.54. The molecule has 0 fully saturated rings. The third-order valence-corrected chi connectivity index (χ3v) is 3.36. The third-order valence-electron chi connectivity index (χ3n) is 2.49. The van der Waals surface area contributed by atoms with E-state index in [2.05, 4.69) is 15.5 Å². The van der Waals surface area contributed by atoms with Gasteiger partial charge >= 0.3 is 0 Å². The van der Waals surface area contributed by atoms with Crippen LogP contribution in [0.3, 0.4) is 0 Å². The number of benzene rings is 1. The van der Waals surface area contributed by atoms with Gasteiger partial charge in [0.05, 0.1) is 31.7 Å². The average Bonchev–Trinajstić information content (AvgIpc) is 2.85. The summed E-state index contributed by atoms with van der Waals surface area (Å²) in [6.07, 6.45) is 1.35. The Bertz CT molecular complexity index is 628. The lowest BCUT2D eigenvalue weighted by Crippen LogP contribution is -1.98. The molecule has 0 aliphatic carbocycles. The molecule has 1 N–H and O–H groups in total. The summed E-state index contributed by atoms with van der Waals surface area (Å²) in [7, 11) is 2.93. The minimum atomic E-state index is -0.470. The number of rotatable bonds is 5. The van der Waals surface area contributed by atoms with E-state index < -0.39 is 5.82 Å². The van der Waals surface area contributed by atoms with E-state index in [1.807, 2.05) is 12.3 Å². The number of aromatic nitrogens is 1. The fourth-order valence-corrected chi connectivity index (χ4v) is 2.18. The molecular weight excluding hydrogens is 281 g/mol. The molecule has 2 rings (SSSR count). The normalized spacial score (nSPS) is 10.8. The number of nitrogens with zero attached hydrogens (tertiary/aromatic N) is 2. The molecule has 5 nitrogen and oxygen atoms in total. The number of halogens is 1. The smallest absolute Gasteiger partial charge is 0.203 e. The number of hydrogen-bond acceptors (Lipinski definition) is 6. The number of hydrazone groups is 1. The van der Waals surface area contributed by atoms with Gasteiger partial charge in [0.15, 0.2) is 0 Å². The Balaban J connectivity index is 2.19. The highest BCUT2D eigenvalue weighted by Crippen LogP contribution is 2.26. The van der Waals surface area contributed by atoms with Crippen LogP contribution in [-0.4, -0.2) is 25.4 Å². The van der Waals surface area contributed by atoms with Crippen LogP contribution < -0.4 is 14.9 Å². The van der Waals surface area contributed by atoms with Gasteiger partial charge in [-0.1, -0.05) is 0 Å². The summed E-state index contributed by atoms with van der Waals surface area (Å²) < 4.78 is 24.0. The number of thiazole rings is 1. The molecular formula is C13H14FN3O2S. The predicted molar refractivity (Wildman–Crippen MR) is 77.6 cm³/mol. The lowest BCUT2D eigenvalue weighted by Gasteiger charge is -2.08. The molecule has 0 spiro atoms. The molecule has 0 radical (unpaired) electrons. The van der Waals surface area contributed by atoms with Gasteiger partial charge in [-0.15, -0.1) is 11.3 Å². The van der Waals surface area contributed by atoms with E-state index in [1.165, 1.54) is 37.8 Å². The first-order chi connectivity index (χ1) is 9.63. The largest absolute Gasteiger partial charge is 0.497 e. The van der Waals surface area contributed by atoms with Crippen molar-refractivity contribution in [3.8, 4) is 11.5 Å². The van der Waals surface area contributed by atoms with E-state index >= 15 is 0 Å². The SMILES string of the molecule is COc1cc(F)c(C=NNc2nc(C)cs2)c(OC)c1. The van der Waals surface area contributed by atoms with Gasteiger partial charge in [-0.3, -0.25) is 5.43 Å². The van der Waals surface area contributed by atoms with Crippen molar-refractivity contribution < 1.29 is 13.9 Å². The maximum Gasteiger partial charge on any atom is 0.203 e. The Labute approximate surface area is 120 Å². The zero-order chi connectivity index (χ0) is 14.5. The summed E-state index contributed by atoms with van der Waals surface area (Å²) in [6, 6.07) is 2.87. The fraction of sp³-hybridized carbons (Fsp3) is 0.231. The Morgan fingerprint density at radius 1 is 1.35 bits per heavy atom. The van der Waals surface area contributed by atoms with Gasteiger partial charge in [0, 0.05) is 17.5 Å². The van der Waals surface area contributed by atoms with E-state index in [0.29, 0.717) is 16.6 Å². The molecule has 20 heavy (non-hydrogen) atoms. The summed E-state index contributed by atoms with van der Waals surface area (Å²) in [5.41, 5.74) is 3.89. The molecule has 2 aromatic rings. The standard InChI is InChI=1S/C13H14FN3O2S/c1-8-7-20-13(16-8)17-15-6-10-11(14)4-9(18-2)5-12(10)19-3/h4-7H,1-3H3,(H,16,17). The second-order valence-corrected chi connectivity index (χ2v) is 4.75. The molecule has 0 saturated carbocycles. The highest BCUT2D eigenvalue weighted by Gasteiger charge is 2.10. The Morgan fingerprint density at radius 3 is 2.75 bits per heavy atom. The summed E-state index contributed by atoms with van der Waals surface area (Å²) >= 11 is 1.42. The summed E-state index contributed by atoms with van der Waals surface area (Å²) in [5, 5.41) is 6.50. The van der Waals surface area contributed by atoms with Crippen molar-refractivity contribution in [1.82, 2.24) is 4.98 Å². The van der Waals surface area contributed by atoms with Crippen LogP contribution in [0.25, 0.3) is 0 Å². The number of anilines is 1. The van der Waals surface area contributed by atoms with E-state index in [-0.39, 0.29) is 5.56 Å². The lowest BCUT2D eigenvalue weighted by molar-refractivity contribution is 0.388. The van der Waals surface area contributed by atoms with Crippen LogP contribution in [0.15, 0.2) is 22.6 Å². The van der Waals surface area contributed by atoms with Crippen molar-refractivity contribution in [2.45, 2.75) is 6.92 Å². The minimum Gasteiger partial charge on any atom is -0.497 e. The highest BCUT2D eigenvalue weighted by atomic mass is 32.1. The molecule has 0 aliphatic rings. The van der Waals surface area contributed by atoms with E-state index in [0.717, 1.165) is 5.69 Å². The zero-order valence-electron chi connectivity index (χ0n) is 11.3. The summed E-state index contributed by atoms with van der Waals surface area (Å²) in [5.74, 6) is 0.268. The molecule has 0 aliphatic heterocycles. The summed E-state index contributed by atoms with van der Waals surface area (Å²) in [4.78, 5) is 4.18. The van der Waals surface area contributed by atoms with Crippen molar-refractivity contribution in [2.75, 3.05) is 19.6 Å². The topological polar surface area (TPSA) is 55.7 Å². The molecule has 0 amide bonds. The van der Waals surface area contributed by atoms with Crippen LogP contribution in [0.4, 0.5) is 9.52 Å². The first kappa shape index (κ1) is 14.3. The molecule has 1 aromatic heterocycles. The highest BCUT2D eigenvalue weighted by molar-refractivity contribution is 7.13. The van der Waals surface area contributed by atoms with Crippen molar-refractivity contribution in [2.24, 2.45) is 5.10 Å². The molecule has 1 aromatic carbocycles. The van der Waals surface area contributed by atoms with E-state index in [9.17, 15) is 4.39 Å². The molecule has 0 saturated heterocycles. The Hall–Kier alpha value is -2.15. The first-order valence-electron chi connectivity index (χ1n) is 5.76. The van der Waals surface area contributed by atoms with Crippen LogP contribution in [0.2, 0.25) is 0 Å². The van der Waals surface area contributed by atoms with Gasteiger partial charge in [-0.2, -0.15) is 5.10 Å². The maximum atomic E-state index is 13.9. The Kier molecular flexibility index (Phi) is 4.52. The molecule has 0 bridgehead atoms. The molecule has 1 heterocycles. The van der Waals surface area contributed by atoms with Crippen molar-refractivity contribution in [1.29, 1.82) is 0 Å². The van der Waals surface area contributed by atoms with Gasteiger partial charge in [0.1, 0.15) is 17.3 Å². The van der Waals surface area contributed by atoms with Crippen LogP contribution in [0.1, 0.15) is 11.3 Å². The molecule has 0 atom stereocenters. The second-order valence-electron chi connectivity index (χ2n) is 3.89. The summed E-state index contributed by atoms with van der Waals surface area (Å²) in [6.45, 7) is 1.89. The van der Waals surface area contributed by atoms with E-state index in [4.69, 9.17) is 9.47 Å². The van der Waals surface area contributed by atoms with Gasteiger partial charge in [-0.05, 0) is 6.92 Å². The Morgan fingerprint density at radius 2 is 2.15 bits per heavy atom. The number of nitrogens with one attached hydrogen (secondary N) is 1. The second kappa shape index (κ2) is 6.33. The van der Waals surface area contributed by atoms with Gasteiger partial charge < -0.3 is 9.47 Å². The third kappa shape index (κ3) is 3.24. The zero-order valence-corrected chi connectivity index (χ0v) is 12.1. The van der Waals surface area contributed by atoms with Crippen molar-refractivity contribution in [3.63, 3.8) is 0 Å². The number of aryl methyl sites for hydroxylation is 1. The maximum absolute atomic E-state index is 13.9. The molecule has 106 valence electrons. The predicted octanol–water partition coefficient (Wildman–Crippen LogP) is 3.05. The van der Waals surface area contributed by atoms with Gasteiger partial charge in [-0.25, -0.2) is 9.37 Å². The number of hydrogen-bond donors (Lipinski definition) is 1. The van der Waals surface area contributed by atoms with Crippen LogP contribution in [0.5, 0.6) is 11.5 Å². The molecule has 7 heteroatoms. The van der Waals surface area contributed by atoms with Gasteiger partial charge in [0.25, 0.3) is 0 Å². The average molecular weight is 295 g/mol. The van der Waals surface area contributed by atoms with Crippen LogP contribution in [-0.2, 0) is 0 Å². The molecule has 0 unspecified atom stereocenters. The lowest BCUT2D eigenvalue weighted by atomic mass is 10.2. The van der Waals surface area contributed by atoms with E-state index in [1.54, 1.807) is 6.07 Å². The minimum absolute atomic E-state index is 0.245. The first-order valence-corrected chi connectivity index (χ1v) is 6.64. The van der Waals surface area contributed by atoms with Crippen LogP contribution >= 0.6 is 11.3 Å². The quantitative estimate of drug-likeness (QED) is 0.680.